The van der Waals surface area contributed by atoms with Crippen LogP contribution in [0.15, 0.2) is 30.3 Å². The fraction of sp³-hybridized carbons (Fsp3) is 0.476. The van der Waals surface area contributed by atoms with Crippen LogP contribution < -0.4 is 5.32 Å². The fourth-order valence-electron chi connectivity index (χ4n) is 4.43. The molecule has 1 N–H and O–H groups in total. The summed E-state index contributed by atoms with van der Waals surface area (Å²) in [6, 6.07) is 6.14. The molecule has 30 heavy (non-hydrogen) atoms. The lowest BCUT2D eigenvalue weighted by Gasteiger charge is -2.26. The van der Waals surface area contributed by atoms with Crippen molar-refractivity contribution in [3.63, 3.8) is 0 Å². The number of nitrogens with zero attached hydrogens (tertiary/aromatic N) is 2. The molecule has 3 rings (SSSR count). The van der Waals surface area contributed by atoms with Crippen molar-refractivity contribution in [2.24, 2.45) is 5.92 Å². The molecule has 0 aromatic heterocycles. The van der Waals surface area contributed by atoms with Crippen LogP contribution in [0.3, 0.4) is 0 Å². The average Bonchev–Trinajstić information content (AvgIpc) is 3.18. The molecule has 1 aromatic carbocycles. The number of carbonyl (C=O) groups is 3. The van der Waals surface area contributed by atoms with Crippen molar-refractivity contribution in [3.8, 4) is 0 Å². The Hall–Kier alpha value is -2.68. The number of sulfonamides is 1. The predicted molar refractivity (Wildman–Crippen MR) is 114 cm³/mol. The maximum Gasteiger partial charge on any atom is 0.246 e. The number of anilines is 1. The molecule has 2 saturated heterocycles. The van der Waals surface area contributed by atoms with Crippen molar-refractivity contribution in [2.75, 3.05) is 18.1 Å². The zero-order chi connectivity index (χ0) is 22.1. The second-order valence-corrected chi connectivity index (χ2v) is 9.67. The number of nitrogens with one attached hydrogen (secondary N) is 1. The van der Waals surface area contributed by atoms with Crippen LogP contribution in [-0.2, 0) is 24.4 Å². The Morgan fingerprint density at radius 2 is 1.90 bits per heavy atom. The van der Waals surface area contributed by atoms with Gasteiger partial charge in [-0.3, -0.25) is 14.4 Å². The van der Waals surface area contributed by atoms with Gasteiger partial charge in [0.2, 0.25) is 27.7 Å². The third-order valence-electron chi connectivity index (χ3n) is 5.56. The van der Waals surface area contributed by atoms with Crippen LogP contribution in [0.5, 0.6) is 0 Å². The summed E-state index contributed by atoms with van der Waals surface area (Å²) in [7, 11) is -3.68. The van der Waals surface area contributed by atoms with E-state index < -0.39 is 33.9 Å². The van der Waals surface area contributed by atoms with E-state index >= 15 is 0 Å². The standard InChI is InChI=1S/C21H27N3O5S/c1-4-5-17-20-18(24(21(17)27)30(3,28)29)12-13-23(20)19(26)11-8-15-6-9-16(10-7-15)22-14(2)25/h6-11,17-18,20H,4-5,12-13H2,1-3H3,(H,22,25)/t17-,18+,20-/m1/s1. The van der Waals surface area contributed by atoms with E-state index in [9.17, 15) is 22.8 Å². The summed E-state index contributed by atoms with van der Waals surface area (Å²) < 4.78 is 25.4. The molecule has 0 spiro atoms. The van der Waals surface area contributed by atoms with E-state index in [-0.39, 0.29) is 11.8 Å². The maximum atomic E-state index is 12.9. The van der Waals surface area contributed by atoms with Gasteiger partial charge in [-0.25, -0.2) is 12.7 Å². The van der Waals surface area contributed by atoms with Gasteiger partial charge in [-0.2, -0.15) is 0 Å². The monoisotopic (exact) mass is 433 g/mol. The summed E-state index contributed by atoms with van der Waals surface area (Å²) in [6.07, 6.45) is 5.90. The van der Waals surface area contributed by atoms with E-state index in [1.54, 1.807) is 35.2 Å². The Kier molecular flexibility index (Phi) is 6.30. The summed E-state index contributed by atoms with van der Waals surface area (Å²) in [4.78, 5) is 38.4. The molecule has 2 aliphatic rings. The highest BCUT2D eigenvalue weighted by molar-refractivity contribution is 7.88. The average molecular weight is 434 g/mol. The maximum absolute atomic E-state index is 12.9. The van der Waals surface area contributed by atoms with Crippen LogP contribution in [0, 0.1) is 5.92 Å². The van der Waals surface area contributed by atoms with Gasteiger partial charge in [-0.1, -0.05) is 25.5 Å². The van der Waals surface area contributed by atoms with Gasteiger partial charge in [0.05, 0.1) is 24.3 Å². The molecule has 2 aliphatic heterocycles. The number of rotatable bonds is 6. The first-order valence-electron chi connectivity index (χ1n) is 10.0. The summed E-state index contributed by atoms with van der Waals surface area (Å²) >= 11 is 0. The molecule has 2 fully saturated rings. The van der Waals surface area contributed by atoms with E-state index in [1.165, 1.54) is 13.0 Å². The summed E-state index contributed by atoms with van der Waals surface area (Å²) in [5, 5.41) is 2.68. The summed E-state index contributed by atoms with van der Waals surface area (Å²) in [5.74, 6) is -1.29. The first-order chi connectivity index (χ1) is 14.1. The normalized spacial score (nSPS) is 23.8. The summed E-state index contributed by atoms with van der Waals surface area (Å²) in [5.41, 5.74) is 1.46. The van der Waals surface area contributed by atoms with Crippen molar-refractivity contribution in [3.05, 3.63) is 35.9 Å². The molecule has 1 aromatic rings. The van der Waals surface area contributed by atoms with E-state index in [1.807, 2.05) is 6.92 Å². The number of hydrogen-bond acceptors (Lipinski definition) is 5. The molecule has 9 heteroatoms. The number of benzene rings is 1. The van der Waals surface area contributed by atoms with Crippen molar-refractivity contribution in [1.82, 2.24) is 9.21 Å². The van der Waals surface area contributed by atoms with Gasteiger partial charge < -0.3 is 10.2 Å². The largest absolute Gasteiger partial charge is 0.333 e. The van der Waals surface area contributed by atoms with Crippen molar-refractivity contribution in [2.45, 2.75) is 45.2 Å². The number of likely N-dealkylation sites (tertiary alicyclic amines) is 1. The smallest absolute Gasteiger partial charge is 0.246 e. The van der Waals surface area contributed by atoms with Crippen LogP contribution in [0.25, 0.3) is 6.08 Å². The van der Waals surface area contributed by atoms with Crippen LogP contribution in [0.4, 0.5) is 5.69 Å². The van der Waals surface area contributed by atoms with E-state index in [4.69, 9.17) is 0 Å². The lowest BCUT2D eigenvalue weighted by Crippen LogP contribution is -2.42. The van der Waals surface area contributed by atoms with E-state index in [2.05, 4.69) is 5.32 Å². The van der Waals surface area contributed by atoms with E-state index in [0.717, 1.165) is 22.5 Å². The van der Waals surface area contributed by atoms with Crippen LogP contribution in [-0.4, -0.2) is 60.2 Å². The third kappa shape index (κ3) is 4.40. The molecule has 3 amide bonds. The van der Waals surface area contributed by atoms with E-state index in [0.29, 0.717) is 25.1 Å². The minimum Gasteiger partial charge on any atom is -0.333 e. The minimum absolute atomic E-state index is 0.159. The Labute approximate surface area is 177 Å². The highest BCUT2D eigenvalue weighted by Crippen LogP contribution is 2.40. The van der Waals surface area contributed by atoms with Gasteiger partial charge in [0.25, 0.3) is 0 Å². The molecule has 3 atom stereocenters. The Morgan fingerprint density at radius 1 is 1.23 bits per heavy atom. The van der Waals surface area contributed by atoms with Crippen LogP contribution in [0.1, 0.15) is 38.7 Å². The number of amides is 3. The van der Waals surface area contributed by atoms with Gasteiger partial charge >= 0.3 is 0 Å². The molecule has 0 unspecified atom stereocenters. The Balaban J connectivity index is 1.77. The molecule has 0 radical (unpaired) electrons. The zero-order valence-electron chi connectivity index (χ0n) is 17.4. The SMILES string of the molecule is CCC[C@H]1C(=O)N(S(C)(=O)=O)[C@H]2CCN(C(=O)C=Cc3ccc(NC(C)=O)cc3)[C@H]12. The summed E-state index contributed by atoms with van der Waals surface area (Å²) in [6.45, 7) is 3.79. The van der Waals surface area contributed by atoms with Crippen molar-refractivity contribution in [1.29, 1.82) is 0 Å². The molecular formula is C21H27N3O5S. The number of carbonyl (C=O) groups excluding carboxylic acids is 3. The molecular weight excluding hydrogens is 406 g/mol. The molecule has 162 valence electrons. The lowest BCUT2D eigenvalue weighted by molar-refractivity contribution is -0.130. The van der Waals surface area contributed by atoms with Crippen LogP contribution in [0.2, 0.25) is 0 Å². The van der Waals surface area contributed by atoms with Gasteiger partial charge in [0.1, 0.15) is 0 Å². The second kappa shape index (κ2) is 8.59. The highest BCUT2D eigenvalue weighted by Gasteiger charge is 2.56. The quantitative estimate of drug-likeness (QED) is 0.690. The molecule has 0 bridgehead atoms. The molecule has 0 aliphatic carbocycles. The Bertz CT molecular complexity index is 971. The van der Waals surface area contributed by atoms with Gasteiger partial charge in [0.15, 0.2) is 0 Å². The van der Waals surface area contributed by atoms with Gasteiger partial charge in [-0.15, -0.1) is 0 Å². The highest BCUT2D eigenvalue weighted by atomic mass is 32.2. The second-order valence-electron chi connectivity index (χ2n) is 7.81. The predicted octanol–water partition coefficient (Wildman–Crippen LogP) is 1.85. The molecule has 0 saturated carbocycles. The lowest BCUT2D eigenvalue weighted by atomic mass is 9.94. The third-order valence-corrected chi connectivity index (χ3v) is 6.72. The molecule has 8 nitrogen and oxygen atoms in total. The first kappa shape index (κ1) is 22.0. The topological polar surface area (TPSA) is 104 Å². The zero-order valence-corrected chi connectivity index (χ0v) is 18.2. The first-order valence-corrected chi connectivity index (χ1v) is 11.9. The number of hydrogen-bond donors (Lipinski definition) is 1. The van der Waals surface area contributed by atoms with Gasteiger partial charge in [0, 0.05) is 25.2 Å². The Morgan fingerprint density at radius 3 is 2.47 bits per heavy atom. The van der Waals surface area contributed by atoms with Gasteiger partial charge in [-0.05, 0) is 36.6 Å². The molecule has 2 heterocycles. The van der Waals surface area contributed by atoms with Crippen molar-refractivity contribution >= 4 is 39.5 Å². The number of fused-ring (bicyclic) bond motifs is 1. The van der Waals surface area contributed by atoms with Crippen molar-refractivity contribution < 1.29 is 22.8 Å². The fourth-order valence-corrected chi connectivity index (χ4v) is 5.61. The minimum atomic E-state index is -3.68. The van der Waals surface area contributed by atoms with Crippen LogP contribution >= 0.6 is 0 Å².